The van der Waals surface area contributed by atoms with Gasteiger partial charge in [-0.3, -0.25) is 14.4 Å². The number of hydrogen-bond acceptors (Lipinski definition) is 5. The number of rotatable bonds is 9. The third-order valence-electron chi connectivity index (χ3n) is 3.76. The summed E-state index contributed by atoms with van der Waals surface area (Å²) in [5.74, 6) is -1.27. The molecular weight excluding hydrogens is 310 g/mol. The molecule has 1 amide bonds. The Balaban J connectivity index is 2.59. The maximum absolute atomic E-state index is 12.3. The SMILES string of the molecule is COC(=O)C(C)CN(CCO)C(=O)CCC(=O)c1ccc(C)cc1. The molecule has 24 heavy (non-hydrogen) atoms. The molecule has 0 radical (unpaired) electrons. The Kier molecular flexibility index (Phi) is 8.12. The zero-order chi connectivity index (χ0) is 18.1. The molecule has 0 spiro atoms. The van der Waals surface area contributed by atoms with Gasteiger partial charge in [-0.2, -0.15) is 0 Å². The number of ketones is 1. The molecule has 1 N–H and O–H groups in total. The molecule has 132 valence electrons. The van der Waals surface area contributed by atoms with Gasteiger partial charge in [-0.05, 0) is 6.92 Å². The van der Waals surface area contributed by atoms with Gasteiger partial charge in [0.15, 0.2) is 5.78 Å². The summed E-state index contributed by atoms with van der Waals surface area (Å²) in [6.07, 6.45) is 0.136. The molecule has 0 heterocycles. The van der Waals surface area contributed by atoms with E-state index in [1.807, 2.05) is 19.1 Å². The molecule has 0 bridgehead atoms. The summed E-state index contributed by atoms with van der Waals surface area (Å²) >= 11 is 0. The number of aliphatic hydroxyl groups excluding tert-OH is 1. The first-order valence-electron chi connectivity index (χ1n) is 7.95. The van der Waals surface area contributed by atoms with E-state index in [2.05, 4.69) is 4.74 Å². The number of hydrogen-bond donors (Lipinski definition) is 1. The summed E-state index contributed by atoms with van der Waals surface area (Å²) in [6, 6.07) is 7.19. The maximum Gasteiger partial charge on any atom is 0.310 e. The Bertz CT molecular complexity index is 567. The standard InChI is InChI=1S/C18H25NO5/c1-13-4-6-15(7-5-13)16(21)8-9-17(22)19(10-11-20)12-14(2)18(23)24-3/h4-7,14,20H,8-12H2,1-3H3. The molecule has 0 aliphatic rings. The molecule has 0 saturated carbocycles. The number of carbonyl (C=O) groups is 3. The Morgan fingerprint density at radius 2 is 1.79 bits per heavy atom. The quantitative estimate of drug-likeness (QED) is 0.547. The highest BCUT2D eigenvalue weighted by Crippen LogP contribution is 2.10. The van der Waals surface area contributed by atoms with Crippen LogP contribution in [0.3, 0.4) is 0 Å². The van der Waals surface area contributed by atoms with Crippen LogP contribution in [0.2, 0.25) is 0 Å². The van der Waals surface area contributed by atoms with Crippen LogP contribution in [0.5, 0.6) is 0 Å². The summed E-state index contributed by atoms with van der Waals surface area (Å²) < 4.78 is 4.64. The van der Waals surface area contributed by atoms with Crippen molar-refractivity contribution in [3.8, 4) is 0 Å². The van der Waals surface area contributed by atoms with Crippen LogP contribution >= 0.6 is 0 Å². The molecule has 0 aliphatic carbocycles. The van der Waals surface area contributed by atoms with Crippen molar-refractivity contribution in [1.82, 2.24) is 4.90 Å². The van der Waals surface area contributed by atoms with Crippen LogP contribution in [-0.2, 0) is 14.3 Å². The molecule has 6 nitrogen and oxygen atoms in total. The van der Waals surface area contributed by atoms with Crippen LogP contribution in [0.1, 0.15) is 35.7 Å². The van der Waals surface area contributed by atoms with Gasteiger partial charge >= 0.3 is 5.97 Å². The van der Waals surface area contributed by atoms with E-state index in [1.54, 1.807) is 19.1 Å². The lowest BCUT2D eigenvalue weighted by Gasteiger charge is -2.24. The Labute approximate surface area is 142 Å². The van der Waals surface area contributed by atoms with Gasteiger partial charge < -0.3 is 14.7 Å². The number of methoxy groups -OCH3 is 1. The van der Waals surface area contributed by atoms with Gasteiger partial charge in [-0.15, -0.1) is 0 Å². The molecule has 1 aromatic carbocycles. The van der Waals surface area contributed by atoms with E-state index in [1.165, 1.54) is 12.0 Å². The number of nitrogens with zero attached hydrogens (tertiary/aromatic N) is 1. The molecular formula is C18H25NO5. The Morgan fingerprint density at radius 3 is 2.33 bits per heavy atom. The number of carbonyl (C=O) groups excluding carboxylic acids is 3. The highest BCUT2D eigenvalue weighted by molar-refractivity contribution is 5.98. The second-order valence-corrected chi connectivity index (χ2v) is 5.78. The lowest BCUT2D eigenvalue weighted by atomic mass is 10.0. The largest absolute Gasteiger partial charge is 0.469 e. The average Bonchev–Trinajstić information content (AvgIpc) is 2.58. The summed E-state index contributed by atoms with van der Waals surface area (Å²) in [6.45, 7) is 3.67. The van der Waals surface area contributed by atoms with E-state index in [-0.39, 0.29) is 44.2 Å². The topological polar surface area (TPSA) is 83.9 Å². The number of esters is 1. The molecule has 1 aromatic rings. The average molecular weight is 335 g/mol. The minimum Gasteiger partial charge on any atom is -0.469 e. The molecule has 0 aliphatic heterocycles. The predicted molar refractivity (Wildman–Crippen MR) is 89.6 cm³/mol. The van der Waals surface area contributed by atoms with Gasteiger partial charge in [0.05, 0.1) is 19.6 Å². The number of aliphatic hydroxyl groups is 1. The maximum atomic E-state index is 12.3. The number of Topliss-reactive ketones (excluding diaryl/α,β-unsaturated/α-hetero) is 1. The molecule has 1 atom stereocenters. The van der Waals surface area contributed by atoms with Crippen LogP contribution in [0, 0.1) is 12.8 Å². The first kappa shape index (κ1) is 19.8. The summed E-state index contributed by atoms with van der Waals surface area (Å²) in [5.41, 5.74) is 1.64. The van der Waals surface area contributed by atoms with Crippen molar-refractivity contribution in [1.29, 1.82) is 0 Å². The van der Waals surface area contributed by atoms with Crippen molar-refractivity contribution in [2.24, 2.45) is 5.92 Å². The third kappa shape index (κ3) is 6.12. The number of aryl methyl sites for hydroxylation is 1. The third-order valence-corrected chi connectivity index (χ3v) is 3.76. The number of ether oxygens (including phenoxy) is 1. The molecule has 1 unspecified atom stereocenters. The zero-order valence-electron chi connectivity index (χ0n) is 14.4. The summed E-state index contributed by atoms with van der Waals surface area (Å²) in [5, 5.41) is 9.10. The van der Waals surface area contributed by atoms with Gasteiger partial charge in [0, 0.05) is 31.5 Å². The molecule has 0 fully saturated rings. The second-order valence-electron chi connectivity index (χ2n) is 5.78. The van der Waals surface area contributed by atoms with Gasteiger partial charge in [-0.1, -0.05) is 36.8 Å². The summed E-state index contributed by atoms with van der Waals surface area (Å²) in [4.78, 5) is 37.3. The van der Waals surface area contributed by atoms with Crippen LogP contribution in [0.15, 0.2) is 24.3 Å². The van der Waals surface area contributed by atoms with Gasteiger partial charge in [0.25, 0.3) is 0 Å². The Morgan fingerprint density at radius 1 is 1.17 bits per heavy atom. The highest BCUT2D eigenvalue weighted by Gasteiger charge is 2.21. The molecule has 6 heteroatoms. The van der Waals surface area contributed by atoms with Crippen molar-refractivity contribution >= 4 is 17.7 Å². The number of benzene rings is 1. The monoisotopic (exact) mass is 335 g/mol. The zero-order valence-corrected chi connectivity index (χ0v) is 14.4. The Hall–Kier alpha value is -2.21. The fraction of sp³-hybridized carbons (Fsp3) is 0.500. The van der Waals surface area contributed by atoms with E-state index in [9.17, 15) is 14.4 Å². The second kappa shape index (κ2) is 9.82. The van der Waals surface area contributed by atoms with Crippen molar-refractivity contribution in [2.45, 2.75) is 26.7 Å². The smallest absolute Gasteiger partial charge is 0.310 e. The van der Waals surface area contributed by atoms with Crippen LogP contribution in [0.4, 0.5) is 0 Å². The van der Waals surface area contributed by atoms with E-state index >= 15 is 0 Å². The van der Waals surface area contributed by atoms with Crippen LogP contribution in [0.25, 0.3) is 0 Å². The van der Waals surface area contributed by atoms with E-state index in [0.29, 0.717) is 5.56 Å². The van der Waals surface area contributed by atoms with Crippen LogP contribution in [-0.4, -0.2) is 54.5 Å². The fourth-order valence-corrected chi connectivity index (χ4v) is 2.31. The minimum atomic E-state index is -0.488. The lowest BCUT2D eigenvalue weighted by molar-refractivity contribution is -0.146. The normalized spacial score (nSPS) is 11.7. The van der Waals surface area contributed by atoms with Crippen molar-refractivity contribution in [3.63, 3.8) is 0 Å². The predicted octanol–water partition coefficient (Wildman–Crippen LogP) is 1.59. The van der Waals surface area contributed by atoms with Gasteiger partial charge in [0.1, 0.15) is 0 Å². The molecule has 1 rings (SSSR count). The van der Waals surface area contributed by atoms with E-state index in [0.717, 1.165) is 5.56 Å². The van der Waals surface area contributed by atoms with Gasteiger partial charge in [0.2, 0.25) is 5.91 Å². The first-order valence-corrected chi connectivity index (χ1v) is 7.95. The fourth-order valence-electron chi connectivity index (χ4n) is 2.31. The molecule has 0 aromatic heterocycles. The lowest BCUT2D eigenvalue weighted by Crippen LogP contribution is -2.39. The highest BCUT2D eigenvalue weighted by atomic mass is 16.5. The number of amides is 1. The van der Waals surface area contributed by atoms with Crippen LogP contribution < -0.4 is 0 Å². The minimum absolute atomic E-state index is 0.0423. The first-order chi connectivity index (χ1) is 11.4. The van der Waals surface area contributed by atoms with Crippen molar-refractivity contribution in [2.75, 3.05) is 26.8 Å². The van der Waals surface area contributed by atoms with Crippen molar-refractivity contribution in [3.05, 3.63) is 35.4 Å². The molecule has 0 saturated heterocycles. The van der Waals surface area contributed by atoms with Crippen molar-refractivity contribution < 1.29 is 24.2 Å². The van der Waals surface area contributed by atoms with E-state index < -0.39 is 11.9 Å². The van der Waals surface area contributed by atoms with E-state index in [4.69, 9.17) is 5.11 Å². The van der Waals surface area contributed by atoms with Gasteiger partial charge in [-0.25, -0.2) is 0 Å². The summed E-state index contributed by atoms with van der Waals surface area (Å²) in [7, 11) is 1.29.